The Hall–Kier alpha value is -0.620. The summed E-state index contributed by atoms with van der Waals surface area (Å²) in [7, 11) is 2.01. The number of amides is 3. The maximum atomic E-state index is 11.4. The molecular formula is C8H14BrN3O2. The number of halogens is 1. The Bertz CT molecular complexity index is 227. The Balaban J connectivity index is 2.34. The number of hydrogen-bond donors (Lipinski definition) is 1. The normalized spacial score (nSPS) is 18.0. The Morgan fingerprint density at radius 3 is 2.36 bits per heavy atom. The predicted octanol–water partition coefficient (Wildman–Crippen LogP) is -0.135. The lowest BCUT2D eigenvalue weighted by atomic mass is 10.3. The minimum atomic E-state index is -0.297. The van der Waals surface area contributed by atoms with Gasteiger partial charge in [-0.3, -0.25) is 10.1 Å². The van der Waals surface area contributed by atoms with Gasteiger partial charge in [0.15, 0.2) is 0 Å². The molecule has 80 valence electrons. The lowest BCUT2D eigenvalue weighted by Crippen LogP contribution is -2.51. The van der Waals surface area contributed by atoms with E-state index in [1.807, 2.05) is 7.05 Å². The highest BCUT2D eigenvalue weighted by atomic mass is 79.9. The van der Waals surface area contributed by atoms with Crippen molar-refractivity contribution < 1.29 is 9.59 Å². The molecule has 0 atom stereocenters. The van der Waals surface area contributed by atoms with Crippen LogP contribution in [0, 0.1) is 0 Å². The summed E-state index contributed by atoms with van der Waals surface area (Å²) in [4.78, 5) is 26.1. The molecule has 0 aliphatic carbocycles. The van der Waals surface area contributed by atoms with Gasteiger partial charge in [0.25, 0.3) is 0 Å². The van der Waals surface area contributed by atoms with Crippen LogP contribution in [0.4, 0.5) is 4.79 Å². The lowest BCUT2D eigenvalue weighted by molar-refractivity contribution is -0.117. The zero-order valence-electron chi connectivity index (χ0n) is 8.12. The highest BCUT2D eigenvalue weighted by molar-refractivity contribution is 9.09. The van der Waals surface area contributed by atoms with Gasteiger partial charge in [-0.2, -0.15) is 0 Å². The number of carbonyl (C=O) groups is 2. The van der Waals surface area contributed by atoms with Crippen LogP contribution < -0.4 is 5.32 Å². The molecule has 1 heterocycles. The molecule has 0 spiro atoms. The number of nitrogens with one attached hydrogen (secondary N) is 1. The van der Waals surface area contributed by atoms with Crippen LogP contribution in [0.2, 0.25) is 0 Å². The number of alkyl halides is 1. The molecule has 1 N–H and O–H groups in total. The number of rotatable bonds is 1. The van der Waals surface area contributed by atoms with Crippen LogP contribution in [0.25, 0.3) is 0 Å². The summed E-state index contributed by atoms with van der Waals surface area (Å²) in [6.45, 7) is 3.07. The van der Waals surface area contributed by atoms with Gasteiger partial charge in [-0.15, -0.1) is 0 Å². The van der Waals surface area contributed by atoms with Crippen molar-refractivity contribution in [3.05, 3.63) is 0 Å². The molecule has 1 aliphatic heterocycles. The van der Waals surface area contributed by atoms with Gasteiger partial charge in [0, 0.05) is 26.2 Å². The number of urea groups is 1. The topological polar surface area (TPSA) is 52.6 Å². The molecule has 0 saturated carbocycles. The van der Waals surface area contributed by atoms with E-state index in [0.29, 0.717) is 13.1 Å². The van der Waals surface area contributed by atoms with Crippen LogP contribution >= 0.6 is 15.9 Å². The minimum absolute atomic E-state index is 0.159. The maximum Gasteiger partial charge on any atom is 0.324 e. The fourth-order valence-electron chi connectivity index (χ4n) is 1.24. The molecule has 5 nitrogen and oxygen atoms in total. The van der Waals surface area contributed by atoms with Crippen molar-refractivity contribution in [2.24, 2.45) is 0 Å². The molecule has 1 rings (SSSR count). The number of carbonyl (C=O) groups excluding carboxylic acids is 2. The first-order valence-corrected chi connectivity index (χ1v) is 5.59. The molecule has 1 fully saturated rings. The molecule has 0 radical (unpaired) electrons. The summed E-state index contributed by atoms with van der Waals surface area (Å²) in [5, 5.41) is 2.46. The van der Waals surface area contributed by atoms with Gasteiger partial charge in [-0.25, -0.2) is 4.79 Å². The number of hydrogen-bond acceptors (Lipinski definition) is 3. The third kappa shape index (κ3) is 3.26. The first-order chi connectivity index (χ1) is 6.63. The van der Waals surface area contributed by atoms with E-state index in [1.165, 1.54) is 0 Å². The van der Waals surface area contributed by atoms with E-state index >= 15 is 0 Å². The van der Waals surface area contributed by atoms with Crippen molar-refractivity contribution in [1.82, 2.24) is 15.1 Å². The second-order valence-electron chi connectivity index (χ2n) is 3.28. The summed E-state index contributed by atoms with van der Waals surface area (Å²) < 4.78 is 0. The summed E-state index contributed by atoms with van der Waals surface area (Å²) >= 11 is 2.99. The Labute approximate surface area is 91.5 Å². The predicted molar refractivity (Wildman–Crippen MR) is 56.4 cm³/mol. The quantitative estimate of drug-likeness (QED) is 0.671. The minimum Gasteiger partial charge on any atom is -0.322 e. The second-order valence-corrected chi connectivity index (χ2v) is 3.84. The summed E-state index contributed by atoms with van der Waals surface area (Å²) in [6.07, 6.45) is 0. The van der Waals surface area contributed by atoms with Gasteiger partial charge in [-0.1, -0.05) is 15.9 Å². The molecule has 0 bridgehead atoms. The van der Waals surface area contributed by atoms with Crippen molar-refractivity contribution in [3.63, 3.8) is 0 Å². The fourth-order valence-corrected chi connectivity index (χ4v) is 1.38. The Morgan fingerprint density at radius 1 is 1.29 bits per heavy atom. The van der Waals surface area contributed by atoms with Crippen LogP contribution in [0.1, 0.15) is 0 Å². The van der Waals surface area contributed by atoms with E-state index in [-0.39, 0.29) is 17.3 Å². The molecule has 0 aromatic carbocycles. The van der Waals surface area contributed by atoms with E-state index in [1.54, 1.807) is 4.90 Å². The lowest BCUT2D eigenvalue weighted by Gasteiger charge is -2.32. The Kier molecular flexibility index (Phi) is 4.34. The SMILES string of the molecule is CN1CCN(C(=O)NC(=O)CBr)CC1. The standard InChI is InChI=1S/C8H14BrN3O2/c1-11-2-4-12(5-3-11)8(14)10-7(13)6-9/h2-6H2,1H3,(H,10,13,14). The number of piperazine rings is 1. The van der Waals surface area contributed by atoms with Gasteiger partial charge in [-0.05, 0) is 7.05 Å². The van der Waals surface area contributed by atoms with E-state index in [9.17, 15) is 9.59 Å². The van der Waals surface area contributed by atoms with Crippen LogP contribution in [-0.4, -0.2) is 60.3 Å². The molecule has 0 aromatic heterocycles. The maximum absolute atomic E-state index is 11.4. The number of nitrogens with zero attached hydrogens (tertiary/aromatic N) is 2. The molecule has 1 aliphatic rings. The summed E-state index contributed by atoms with van der Waals surface area (Å²) in [6, 6.07) is -0.289. The monoisotopic (exact) mass is 263 g/mol. The average Bonchev–Trinajstić information content (AvgIpc) is 2.18. The third-order valence-electron chi connectivity index (χ3n) is 2.16. The number of imide groups is 1. The average molecular weight is 264 g/mol. The van der Waals surface area contributed by atoms with Crippen LogP contribution in [0.3, 0.4) is 0 Å². The smallest absolute Gasteiger partial charge is 0.322 e. The van der Waals surface area contributed by atoms with Gasteiger partial charge in [0.1, 0.15) is 0 Å². The zero-order valence-corrected chi connectivity index (χ0v) is 9.71. The molecule has 6 heteroatoms. The highest BCUT2D eigenvalue weighted by Gasteiger charge is 2.19. The summed E-state index contributed by atoms with van der Waals surface area (Å²) in [5.41, 5.74) is 0. The van der Waals surface area contributed by atoms with Crippen molar-refractivity contribution >= 4 is 27.9 Å². The Morgan fingerprint density at radius 2 is 1.86 bits per heavy atom. The largest absolute Gasteiger partial charge is 0.324 e. The van der Waals surface area contributed by atoms with Crippen molar-refractivity contribution in [2.45, 2.75) is 0 Å². The highest BCUT2D eigenvalue weighted by Crippen LogP contribution is 1.99. The van der Waals surface area contributed by atoms with Crippen LogP contribution in [0.5, 0.6) is 0 Å². The van der Waals surface area contributed by atoms with E-state index in [2.05, 4.69) is 26.1 Å². The van der Waals surface area contributed by atoms with Gasteiger partial charge in [0.2, 0.25) is 5.91 Å². The molecule has 0 aromatic rings. The van der Waals surface area contributed by atoms with E-state index in [0.717, 1.165) is 13.1 Å². The molecule has 3 amide bonds. The van der Waals surface area contributed by atoms with Gasteiger partial charge < -0.3 is 9.80 Å². The van der Waals surface area contributed by atoms with Crippen molar-refractivity contribution in [2.75, 3.05) is 38.6 Å². The molecular weight excluding hydrogens is 250 g/mol. The number of likely N-dealkylation sites (N-methyl/N-ethyl adjacent to an activating group) is 1. The zero-order chi connectivity index (χ0) is 10.6. The van der Waals surface area contributed by atoms with Crippen molar-refractivity contribution in [1.29, 1.82) is 0 Å². The molecule has 0 unspecified atom stereocenters. The molecule has 14 heavy (non-hydrogen) atoms. The van der Waals surface area contributed by atoms with Crippen LogP contribution in [0.15, 0.2) is 0 Å². The molecule has 1 saturated heterocycles. The fraction of sp³-hybridized carbons (Fsp3) is 0.750. The van der Waals surface area contributed by atoms with Crippen LogP contribution in [-0.2, 0) is 4.79 Å². The van der Waals surface area contributed by atoms with Gasteiger partial charge in [0.05, 0.1) is 5.33 Å². The third-order valence-corrected chi connectivity index (χ3v) is 2.67. The summed E-state index contributed by atoms with van der Waals surface area (Å²) in [5.74, 6) is -0.297. The second kappa shape index (κ2) is 5.31. The van der Waals surface area contributed by atoms with E-state index in [4.69, 9.17) is 0 Å². The first-order valence-electron chi connectivity index (χ1n) is 4.46. The van der Waals surface area contributed by atoms with Gasteiger partial charge >= 0.3 is 6.03 Å². The van der Waals surface area contributed by atoms with E-state index < -0.39 is 0 Å². The first kappa shape index (κ1) is 11.5. The van der Waals surface area contributed by atoms with Crippen molar-refractivity contribution in [3.8, 4) is 0 Å².